The molecule has 0 amide bonds. The van der Waals surface area contributed by atoms with Crippen LogP contribution in [0.2, 0.25) is 0 Å². The normalized spacial score (nSPS) is 12.1. The topological polar surface area (TPSA) is 60.7 Å². The molecule has 0 unspecified atom stereocenters. The van der Waals surface area contributed by atoms with Crippen LogP contribution in [0.15, 0.2) is 83.3 Å². The molecule has 0 aliphatic heterocycles. The summed E-state index contributed by atoms with van der Waals surface area (Å²) >= 11 is 0. The highest BCUT2D eigenvalue weighted by molar-refractivity contribution is 6.68. The number of nitro benzene ring substituents is 1. The van der Waals surface area contributed by atoms with Crippen LogP contribution in [-0.2, 0) is 0 Å². The van der Waals surface area contributed by atoms with Crippen molar-refractivity contribution in [3.8, 4) is 22.3 Å². The van der Waals surface area contributed by atoms with E-state index < -0.39 is 0 Å². The number of nitro groups is 1. The number of benzene rings is 6. The van der Waals surface area contributed by atoms with E-state index in [2.05, 4.69) is 16.5 Å². The summed E-state index contributed by atoms with van der Waals surface area (Å²) < 4.78 is 8.38. The van der Waals surface area contributed by atoms with Crippen molar-refractivity contribution in [2.75, 3.05) is 0 Å². The Morgan fingerprint density at radius 1 is 0.562 bits per heavy atom. The first-order valence-electron chi connectivity index (χ1n) is 15.0. The van der Waals surface area contributed by atoms with Gasteiger partial charge in [0.1, 0.15) is 66.1 Å². The van der Waals surface area contributed by atoms with E-state index in [1.54, 1.807) is 12.1 Å². The Hall–Kier alpha value is -5.23. The second kappa shape index (κ2) is 9.90. The first kappa shape index (κ1) is 29.0. The molecule has 0 N–H and O–H groups in total. The Morgan fingerprint density at radius 3 is 1.98 bits per heavy atom. The quantitative estimate of drug-likeness (QED) is 0.177. The van der Waals surface area contributed by atoms with Gasteiger partial charge in [0.15, 0.2) is 0 Å². The van der Waals surface area contributed by atoms with Crippen molar-refractivity contribution < 1.29 is 9.34 Å². The van der Waals surface area contributed by atoms with Gasteiger partial charge in [0.05, 0.1) is 27.0 Å². The molecular formula is C36H13B7N2O3. The van der Waals surface area contributed by atoms with Crippen LogP contribution in [0.25, 0.3) is 82.3 Å². The molecular weight excluding hydrogens is 584 g/mol. The van der Waals surface area contributed by atoms with Crippen molar-refractivity contribution in [3.05, 3.63) is 89.0 Å². The summed E-state index contributed by atoms with van der Waals surface area (Å²) in [5, 5.41) is 16.8. The predicted molar refractivity (Wildman–Crippen MR) is 204 cm³/mol. The summed E-state index contributed by atoms with van der Waals surface area (Å²) in [4.78, 5) is 11.6. The number of aromatic nitrogens is 1. The van der Waals surface area contributed by atoms with Crippen molar-refractivity contribution in [1.82, 2.24) is 4.40 Å². The summed E-state index contributed by atoms with van der Waals surface area (Å²) in [6, 6.07) is 24.8. The Balaban J connectivity index is 1.38. The second-order valence-electron chi connectivity index (χ2n) is 12.0. The van der Waals surface area contributed by atoms with E-state index in [9.17, 15) is 10.1 Å². The van der Waals surface area contributed by atoms with Gasteiger partial charge in [-0.3, -0.25) is 10.1 Å². The molecule has 9 rings (SSSR count). The lowest BCUT2D eigenvalue weighted by Gasteiger charge is -2.17. The molecule has 0 saturated carbocycles. The van der Waals surface area contributed by atoms with Crippen molar-refractivity contribution in [2.45, 2.75) is 0 Å². The summed E-state index contributed by atoms with van der Waals surface area (Å²) in [6.45, 7) is 0. The van der Waals surface area contributed by atoms with Crippen LogP contribution in [0.5, 0.6) is 0 Å². The molecule has 3 heterocycles. The molecule has 0 bridgehead atoms. The Morgan fingerprint density at radius 2 is 1.21 bits per heavy atom. The van der Waals surface area contributed by atoms with Crippen LogP contribution < -0.4 is 38.2 Å². The van der Waals surface area contributed by atoms with E-state index in [-0.39, 0.29) is 60.0 Å². The zero-order valence-corrected chi connectivity index (χ0v) is 25.2. The van der Waals surface area contributed by atoms with Gasteiger partial charge >= 0.3 is 0 Å². The van der Waals surface area contributed by atoms with Crippen LogP contribution in [-0.4, -0.2) is 64.2 Å². The SMILES string of the molecule is [B]c1c([B])c([B])c2c(oc3c([B])c([B])c([B])c(-c4ccc5c(c4)c4cccc6c7c(-c8ccccc8[N+](=O)[O-])cccc7n5c46)c32)c1[B]. The number of furan rings is 1. The molecule has 0 saturated heterocycles. The number of rotatable bonds is 3. The first-order chi connectivity index (χ1) is 23.1. The lowest BCUT2D eigenvalue weighted by atomic mass is 9.64. The number of nitrogens with zero attached hydrogens (tertiary/aromatic N) is 2. The molecule has 0 aliphatic carbocycles. The molecule has 0 spiro atoms. The molecule has 12 heteroatoms. The van der Waals surface area contributed by atoms with Crippen LogP contribution in [0.1, 0.15) is 0 Å². The average molecular weight is 597 g/mol. The first-order valence-corrected chi connectivity index (χ1v) is 15.0. The van der Waals surface area contributed by atoms with Gasteiger partial charge in [-0.25, -0.2) is 0 Å². The second-order valence-corrected chi connectivity index (χ2v) is 12.0. The van der Waals surface area contributed by atoms with E-state index in [4.69, 9.17) is 59.3 Å². The maximum Gasteiger partial charge on any atom is 0.277 e. The molecule has 3 aromatic heterocycles. The summed E-state index contributed by atoms with van der Waals surface area (Å²) in [6.07, 6.45) is 0. The van der Waals surface area contributed by atoms with E-state index in [1.165, 1.54) is 6.07 Å². The monoisotopic (exact) mass is 598 g/mol. The number of hydrogen-bond acceptors (Lipinski definition) is 3. The third kappa shape index (κ3) is 3.55. The minimum absolute atomic E-state index is 0.0504. The van der Waals surface area contributed by atoms with Gasteiger partial charge in [0, 0.05) is 38.4 Å². The standard InChI is InChI=1S/C36H13B7N2O3/c37-27-23(25-26-28(38)29(39)31(41)33(43)36(26)48-35(25)32(42)30(27)40)14-11-12-20-19(13-14)17-7-3-8-18-24-16(6-4-10-22(24)44(20)34(17)18)15-5-1-2-9-21(15)45(46)47/h1-13H. The molecule has 0 aliphatic rings. The van der Waals surface area contributed by atoms with Gasteiger partial charge in [0.2, 0.25) is 0 Å². The predicted octanol–water partition coefficient (Wildman–Crippen LogP) is 1.53. The Labute approximate surface area is 283 Å². The molecule has 9 aromatic rings. The number of para-hydroxylation sites is 2. The molecule has 14 radical (unpaired) electrons. The molecule has 6 aromatic carbocycles. The van der Waals surface area contributed by atoms with E-state index in [0.29, 0.717) is 21.9 Å². The molecule has 5 nitrogen and oxygen atoms in total. The van der Waals surface area contributed by atoms with Crippen molar-refractivity contribution in [1.29, 1.82) is 0 Å². The van der Waals surface area contributed by atoms with Crippen molar-refractivity contribution >= 4 is 159 Å². The largest absolute Gasteiger partial charge is 0.457 e. The highest BCUT2D eigenvalue weighted by atomic mass is 16.6. The fourth-order valence-electron chi connectivity index (χ4n) is 7.46. The summed E-state index contributed by atoms with van der Waals surface area (Å²) in [5.41, 5.74) is 7.26. The van der Waals surface area contributed by atoms with Crippen LogP contribution in [0, 0.1) is 10.1 Å². The van der Waals surface area contributed by atoms with Gasteiger partial charge in [0.25, 0.3) is 5.69 Å². The lowest BCUT2D eigenvalue weighted by Crippen LogP contribution is -2.47. The highest BCUT2D eigenvalue weighted by Gasteiger charge is 2.25. The van der Waals surface area contributed by atoms with Crippen molar-refractivity contribution in [3.63, 3.8) is 0 Å². The zero-order valence-electron chi connectivity index (χ0n) is 25.2. The smallest absolute Gasteiger partial charge is 0.277 e. The average Bonchev–Trinajstić information content (AvgIpc) is 3.76. The Kier molecular flexibility index (Phi) is 5.97. The highest BCUT2D eigenvalue weighted by Crippen LogP contribution is 2.45. The fourth-order valence-corrected chi connectivity index (χ4v) is 7.46. The minimum atomic E-state index is -0.345. The van der Waals surface area contributed by atoms with Crippen LogP contribution in [0.3, 0.4) is 0 Å². The molecule has 48 heavy (non-hydrogen) atoms. The third-order valence-electron chi connectivity index (χ3n) is 9.66. The third-order valence-corrected chi connectivity index (χ3v) is 9.66. The van der Waals surface area contributed by atoms with Crippen molar-refractivity contribution in [2.24, 2.45) is 0 Å². The van der Waals surface area contributed by atoms with E-state index in [1.807, 2.05) is 48.5 Å². The van der Waals surface area contributed by atoms with E-state index >= 15 is 0 Å². The number of fused-ring (bicyclic) bond motifs is 9. The van der Waals surface area contributed by atoms with Gasteiger partial charge in [-0.2, -0.15) is 0 Å². The van der Waals surface area contributed by atoms with Crippen LogP contribution in [0.4, 0.5) is 5.69 Å². The molecule has 0 fully saturated rings. The molecule has 0 atom stereocenters. The maximum atomic E-state index is 12.0. The van der Waals surface area contributed by atoms with Gasteiger partial charge < -0.3 is 8.82 Å². The zero-order chi connectivity index (χ0) is 33.3. The maximum absolute atomic E-state index is 12.0. The van der Waals surface area contributed by atoms with Gasteiger partial charge in [-0.15, -0.1) is 16.4 Å². The summed E-state index contributed by atoms with van der Waals surface area (Å²) in [5.74, 6) is 0. The van der Waals surface area contributed by atoms with E-state index in [0.717, 1.165) is 49.2 Å². The Bertz CT molecular complexity index is 2910. The number of hydrogen-bond donors (Lipinski definition) is 0. The van der Waals surface area contributed by atoms with Gasteiger partial charge in [-0.05, 0) is 41.0 Å². The van der Waals surface area contributed by atoms with Crippen LogP contribution >= 0.6 is 0 Å². The molecule has 206 valence electrons. The lowest BCUT2D eigenvalue weighted by molar-refractivity contribution is -0.384. The minimum Gasteiger partial charge on any atom is -0.457 e. The fraction of sp³-hybridized carbons (Fsp3) is 0. The van der Waals surface area contributed by atoms with Gasteiger partial charge in [-0.1, -0.05) is 70.4 Å². The summed E-state index contributed by atoms with van der Waals surface area (Å²) in [7, 11) is 44.9.